The molecule has 0 bridgehead atoms. The minimum absolute atomic E-state index is 0.311. The molecule has 1 heterocycles. The molecule has 1 fully saturated rings. The molecule has 94 valence electrons. The van der Waals surface area contributed by atoms with Crippen molar-refractivity contribution >= 4 is 6.09 Å². The third-order valence-corrected chi connectivity index (χ3v) is 2.84. The van der Waals surface area contributed by atoms with E-state index >= 15 is 0 Å². The topological polar surface area (TPSA) is 50.4 Å². The lowest BCUT2D eigenvalue weighted by atomic mass is 9.99. The average Bonchev–Trinajstić information content (AvgIpc) is 2.59. The molecule has 0 aliphatic carbocycles. The Balaban J connectivity index is 2.26. The zero-order valence-corrected chi connectivity index (χ0v) is 10.8. The first-order valence-electron chi connectivity index (χ1n) is 6.12. The van der Waals surface area contributed by atoms with E-state index in [9.17, 15) is 4.79 Å². The maximum atomic E-state index is 11.5. The summed E-state index contributed by atoms with van der Waals surface area (Å²) in [5.41, 5.74) is -0.415. The number of alkyl carbamates (subject to hydrolysis) is 1. The molecule has 1 rings (SSSR count). The molecule has 0 aromatic carbocycles. The lowest BCUT2D eigenvalue weighted by Gasteiger charge is -2.22. The molecule has 4 nitrogen and oxygen atoms in total. The van der Waals surface area contributed by atoms with E-state index in [0.29, 0.717) is 18.5 Å². The molecule has 1 saturated heterocycles. The fourth-order valence-corrected chi connectivity index (χ4v) is 2.07. The second kappa shape index (κ2) is 5.53. The number of amides is 1. The van der Waals surface area contributed by atoms with Crippen molar-refractivity contribution in [1.29, 1.82) is 0 Å². The maximum Gasteiger partial charge on any atom is 0.407 e. The van der Waals surface area contributed by atoms with E-state index in [-0.39, 0.29) is 6.09 Å². The predicted molar refractivity (Wildman–Crippen MR) is 64.4 cm³/mol. The Kier molecular flexibility index (Phi) is 4.59. The number of nitrogens with one attached hydrogen (secondary N) is 2. The quantitative estimate of drug-likeness (QED) is 0.775. The summed E-state index contributed by atoms with van der Waals surface area (Å²) in [4.78, 5) is 11.5. The minimum Gasteiger partial charge on any atom is -0.444 e. The standard InChI is InChI=1S/C12H24N2O2/c1-5-10-9(6-7-13-10)8-14-11(15)16-12(2,3)4/h9-10,13H,5-8H2,1-4H3,(H,14,15)/t9-,10-/m1/s1. The van der Waals surface area contributed by atoms with Crippen LogP contribution in [-0.2, 0) is 4.74 Å². The van der Waals surface area contributed by atoms with Crippen LogP contribution < -0.4 is 10.6 Å². The number of hydrogen-bond acceptors (Lipinski definition) is 3. The minimum atomic E-state index is -0.415. The number of carbonyl (C=O) groups excluding carboxylic acids is 1. The van der Waals surface area contributed by atoms with E-state index in [2.05, 4.69) is 17.6 Å². The summed E-state index contributed by atoms with van der Waals surface area (Å²) < 4.78 is 5.20. The molecule has 0 radical (unpaired) electrons. The van der Waals surface area contributed by atoms with E-state index in [4.69, 9.17) is 4.74 Å². The Morgan fingerprint density at radius 2 is 2.19 bits per heavy atom. The molecule has 2 atom stereocenters. The van der Waals surface area contributed by atoms with Gasteiger partial charge in [-0.25, -0.2) is 4.79 Å². The first kappa shape index (κ1) is 13.3. The SMILES string of the molecule is CC[C@H]1NCC[C@@H]1CNC(=O)OC(C)(C)C. The Hall–Kier alpha value is -0.770. The summed E-state index contributed by atoms with van der Waals surface area (Å²) in [5, 5.41) is 6.28. The molecule has 0 saturated carbocycles. The van der Waals surface area contributed by atoms with Crippen LogP contribution in [0.15, 0.2) is 0 Å². The summed E-state index contributed by atoms with van der Waals surface area (Å²) >= 11 is 0. The maximum absolute atomic E-state index is 11.5. The van der Waals surface area contributed by atoms with Crippen molar-refractivity contribution < 1.29 is 9.53 Å². The third kappa shape index (κ3) is 4.39. The van der Waals surface area contributed by atoms with Crippen molar-refractivity contribution in [2.45, 2.75) is 52.2 Å². The van der Waals surface area contributed by atoms with Crippen molar-refractivity contribution in [2.24, 2.45) is 5.92 Å². The summed E-state index contributed by atoms with van der Waals surface area (Å²) in [6.45, 7) is 9.55. The zero-order valence-electron chi connectivity index (χ0n) is 10.8. The van der Waals surface area contributed by atoms with Crippen molar-refractivity contribution in [3.05, 3.63) is 0 Å². The van der Waals surface area contributed by atoms with Crippen molar-refractivity contribution in [3.8, 4) is 0 Å². The lowest BCUT2D eigenvalue weighted by Crippen LogP contribution is -2.38. The summed E-state index contributed by atoms with van der Waals surface area (Å²) in [6.07, 6.45) is 1.93. The smallest absolute Gasteiger partial charge is 0.407 e. The van der Waals surface area contributed by atoms with Gasteiger partial charge in [0, 0.05) is 12.6 Å². The van der Waals surface area contributed by atoms with E-state index < -0.39 is 5.60 Å². The van der Waals surface area contributed by atoms with E-state index in [1.807, 2.05) is 20.8 Å². The molecular formula is C12H24N2O2. The Bertz CT molecular complexity index is 236. The molecule has 1 aliphatic rings. The van der Waals surface area contributed by atoms with Crippen molar-refractivity contribution in [2.75, 3.05) is 13.1 Å². The van der Waals surface area contributed by atoms with Gasteiger partial charge in [-0.05, 0) is 46.1 Å². The molecule has 0 aromatic rings. The van der Waals surface area contributed by atoms with Crippen LogP contribution in [-0.4, -0.2) is 30.8 Å². The van der Waals surface area contributed by atoms with Gasteiger partial charge >= 0.3 is 6.09 Å². The van der Waals surface area contributed by atoms with E-state index in [1.165, 1.54) is 0 Å². The Morgan fingerprint density at radius 1 is 1.50 bits per heavy atom. The van der Waals surface area contributed by atoms with Gasteiger partial charge in [0.2, 0.25) is 0 Å². The van der Waals surface area contributed by atoms with Crippen LogP contribution in [0.25, 0.3) is 0 Å². The van der Waals surface area contributed by atoms with Crippen LogP contribution in [0.1, 0.15) is 40.5 Å². The fourth-order valence-electron chi connectivity index (χ4n) is 2.07. The van der Waals surface area contributed by atoms with Crippen LogP contribution >= 0.6 is 0 Å². The van der Waals surface area contributed by atoms with Gasteiger partial charge in [0.15, 0.2) is 0 Å². The highest BCUT2D eigenvalue weighted by Crippen LogP contribution is 2.17. The molecule has 0 aromatic heterocycles. The second-order valence-electron chi connectivity index (χ2n) is 5.40. The number of hydrogen-bond donors (Lipinski definition) is 2. The summed E-state index contributed by atoms with van der Waals surface area (Å²) in [7, 11) is 0. The molecule has 1 aliphatic heterocycles. The second-order valence-corrected chi connectivity index (χ2v) is 5.40. The van der Waals surface area contributed by atoms with Crippen molar-refractivity contribution in [3.63, 3.8) is 0 Å². The van der Waals surface area contributed by atoms with E-state index in [0.717, 1.165) is 19.4 Å². The van der Waals surface area contributed by atoms with Gasteiger partial charge in [-0.15, -0.1) is 0 Å². The van der Waals surface area contributed by atoms with Gasteiger partial charge < -0.3 is 15.4 Å². The highest BCUT2D eigenvalue weighted by Gasteiger charge is 2.26. The predicted octanol–water partition coefficient (Wildman–Crippen LogP) is 1.90. The van der Waals surface area contributed by atoms with E-state index in [1.54, 1.807) is 0 Å². The Morgan fingerprint density at radius 3 is 2.75 bits per heavy atom. The molecule has 0 unspecified atom stereocenters. The van der Waals surface area contributed by atoms with Crippen molar-refractivity contribution in [1.82, 2.24) is 10.6 Å². The van der Waals surface area contributed by atoms with Gasteiger partial charge in [0.1, 0.15) is 5.60 Å². The van der Waals surface area contributed by atoms with Gasteiger partial charge in [-0.1, -0.05) is 6.92 Å². The molecular weight excluding hydrogens is 204 g/mol. The summed E-state index contributed by atoms with van der Waals surface area (Å²) in [5.74, 6) is 0.539. The van der Waals surface area contributed by atoms with Gasteiger partial charge in [-0.2, -0.15) is 0 Å². The monoisotopic (exact) mass is 228 g/mol. The summed E-state index contributed by atoms with van der Waals surface area (Å²) in [6, 6.07) is 0.537. The van der Waals surface area contributed by atoms with Gasteiger partial charge in [0.25, 0.3) is 0 Å². The molecule has 0 spiro atoms. The molecule has 1 amide bonds. The van der Waals surface area contributed by atoms with Gasteiger partial charge in [0.05, 0.1) is 0 Å². The largest absolute Gasteiger partial charge is 0.444 e. The normalized spacial score (nSPS) is 25.5. The average molecular weight is 228 g/mol. The van der Waals surface area contributed by atoms with Crippen LogP contribution in [0.3, 0.4) is 0 Å². The van der Waals surface area contributed by atoms with Crippen LogP contribution in [0.2, 0.25) is 0 Å². The Labute approximate surface area is 98.1 Å². The van der Waals surface area contributed by atoms with Crippen LogP contribution in [0.5, 0.6) is 0 Å². The third-order valence-electron chi connectivity index (χ3n) is 2.84. The highest BCUT2D eigenvalue weighted by atomic mass is 16.6. The highest BCUT2D eigenvalue weighted by molar-refractivity contribution is 5.67. The van der Waals surface area contributed by atoms with Crippen LogP contribution in [0.4, 0.5) is 4.79 Å². The first-order valence-corrected chi connectivity index (χ1v) is 6.12. The first-order chi connectivity index (χ1) is 7.42. The van der Waals surface area contributed by atoms with Crippen LogP contribution in [0, 0.1) is 5.92 Å². The zero-order chi connectivity index (χ0) is 12.2. The van der Waals surface area contributed by atoms with Gasteiger partial charge in [-0.3, -0.25) is 0 Å². The molecule has 4 heteroatoms. The number of rotatable bonds is 3. The number of carbonyl (C=O) groups is 1. The molecule has 2 N–H and O–H groups in total. The fraction of sp³-hybridized carbons (Fsp3) is 0.917. The lowest BCUT2D eigenvalue weighted by molar-refractivity contribution is 0.0518. The molecule has 16 heavy (non-hydrogen) atoms. The number of ether oxygens (including phenoxy) is 1.